The summed E-state index contributed by atoms with van der Waals surface area (Å²) in [6, 6.07) is -0.917. The number of ketones is 5. The number of Topliss-reactive ketones (excluding diaryl/α,β-unsaturated/α-hetero) is 5. The number of carbonyl (C=O) groups is 10. The van der Waals surface area contributed by atoms with Crippen LogP contribution in [0.5, 0.6) is 0 Å². The van der Waals surface area contributed by atoms with Crippen molar-refractivity contribution in [2.45, 2.75) is 396 Å². The predicted octanol–water partition coefficient (Wildman–Crippen LogP) is 5.25. The van der Waals surface area contributed by atoms with E-state index in [0.29, 0.717) is 129 Å². The maximum atomic E-state index is 14.1. The van der Waals surface area contributed by atoms with E-state index in [4.69, 9.17) is 56.9 Å². The van der Waals surface area contributed by atoms with Gasteiger partial charge in [0.05, 0.1) is 96.1 Å². The maximum Gasteiger partial charge on any atom is 0.295 e. The minimum absolute atomic E-state index is 0.0146. The molecule has 14 N–H and O–H groups in total. The van der Waals surface area contributed by atoms with Crippen LogP contribution in [0, 0.1) is 23.2 Å². The quantitative estimate of drug-likeness (QED) is 0.0160. The molecule has 0 aliphatic carbocycles. The molecule has 0 aromatic heterocycles. The Bertz CT molecular complexity index is 3130. The summed E-state index contributed by atoms with van der Waals surface area (Å²) in [5.41, 5.74) is -3.37. The zero-order valence-corrected chi connectivity index (χ0v) is 78.1. The number of rotatable bonds is 74. The number of aliphatic hydroxyl groups excluding tert-OH is 9. The lowest BCUT2D eigenvalue weighted by atomic mass is 9.82. The minimum atomic E-state index is -1.65. The number of hydrogen-bond acceptors (Lipinski definition) is 33. The molecule has 0 spiro atoms. The Morgan fingerprint density at radius 1 is 0.465 bits per heavy atom. The highest BCUT2D eigenvalue weighted by Crippen LogP contribution is 2.40. The van der Waals surface area contributed by atoms with Crippen molar-refractivity contribution in [3.05, 3.63) is 0 Å². The Morgan fingerprint density at radius 3 is 1.29 bits per heavy atom. The van der Waals surface area contributed by atoms with E-state index in [9.17, 15) is 99.0 Å². The third-order valence-electron chi connectivity index (χ3n) is 23.9. The molecule has 4 saturated heterocycles. The van der Waals surface area contributed by atoms with Crippen molar-refractivity contribution < 1.29 is 156 Å². The summed E-state index contributed by atoms with van der Waals surface area (Å²) in [5, 5.41) is 117. The van der Waals surface area contributed by atoms with Crippen LogP contribution in [0.4, 0.5) is 0 Å². The van der Waals surface area contributed by atoms with E-state index in [1.54, 1.807) is 20.8 Å². The van der Waals surface area contributed by atoms with Gasteiger partial charge in [-0.2, -0.15) is 0 Å². The third-order valence-corrected chi connectivity index (χ3v) is 23.9. The van der Waals surface area contributed by atoms with Gasteiger partial charge in [-0.05, 0) is 95.8 Å². The molecule has 4 aliphatic heterocycles. The highest BCUT2D eigenvalue weighted by atomic mass is 16.7. The van der Waals surface area contributed by atoms with Crippen LogP contribution in [-0.2, 0) is 105 Å². The lowest BCUT2D eigenvalue weighted by Gasteiger charge is -2.46. The monoisotopic (exact) mass is 1850 g/mol. The Kier molecular flexibility index (Phi) is 57.7. The summed E-state index contributed by atoms with van der Waals surface area (Å²) < 4.78 is 64.5. The molecule has 4 heterocycles. The van der Waals surface area contributed by atoms with Crippen molar-refractivity contribution in [3.63, 3.8) is 0 Å². The minimum Gasteiger partial charge on any atom is -0.435 e. The van der Waals surface area contributed by atoms with Crippen LogP contribution >= 0.6 is 0 Å². The number of oxime groups is 1. The van der Waals surface area contributed by atoms with Crippen LogP contribution < -0.4 is 21.3 Å². The first-order chi connectivity index (χ1) is 61.5. The molecule has 4 aliphatic rings. The standard InChI is InChI=1S/C92H161N5O32/c1-63-81(112)83(114)74(54-98)126-86(63)121-46-28-25-36-67(103)32-20-17-22-34-69(105)41-49-118-59-91(60-119-50-42-70(106)35-23-18-21-33-68(104)37-26-29-47-122-87-64(2)82(113)84(115)75(55-99)127-87,61-120-51-43-78(110)94-45-31-44-93-77(109)39-27-30-48-123-88-65(3)85(116)90(8,117)76(56-100)128-88)97-79(111)40-24-16-14-12-10-9-11-13-15-19-38-71(107)57-125-95-53-73-80(96-66(4)102)72(108)52-92(129-73,124-62-101)58-89(5,6)7/h53,62-65,72-76,80-88,98-100,108,112-117H,9-52,54-61H2,1-8H3,(H,93,109)(H,94,110)(H,96,102)(H,97,111)/t63-,64-,65-,72?,73?,74?,75?,76?,80+,81?,82?,83-,84-,85?,86+,87+,88+,90-,91?,92+/m1/s1. The van der Waals surface area contributed by atoms with E-state index in [2.05, 4.69) is 26.4 Å². The average Bonchev–Trinajstić information content (AvgIpc) is 0.810. The molecule has 0 radical (unpaired) electrons. The number of nitrogens with one attached hydrogen (secondary N) is 4. The van der Waals surface area contributed by atoms with Crippen LogP contribution in [0.2, 0.25) is 0 Å². The lowest BCUT2D eigenvalue weighted by Crippen LogP contribution is -2.62. The molecule has 0 aromatic carbocycles. The van der Waals surface area contributed by atoms with Crippen molar-refractivity contribution >= 4 is 65.2 Å². The summed E-state index contributed by atoms with van der Waals surface area (Å²) in [6.07, 6.45) is 6.28. The van der Waals surface area contributed by atoms with Gasteiger partial charge in [-0.25, -0.2) is 0 Å². The topological polar surface area (TPSA) is 544 Å². The van der Waals surface area contributed by atoms with E-state index in [-0.39, 0.29) is 195 Å². The molecule has 0 bridgehead atoms. The number of amides is 4. The van der Waals surface area contributed by atoms with Crippen LogP contribution in [0.3, 0.4) is 0 Å². The fourth-order valence-corrected chi connectivity index (χ4v) is 16.2. The number of carbonyl (C=O) groups excluding carboxylic acids is 10. The van der Waals surface area contributed by atoms with E-state index in [1.807, 2.05) is 20.8 Å². The lowest BCUT2D eigenvalue weighted by molar-refractivity contribution is -0.311. The van der Waals surface area contributed by atoms with Gasteiger partial charge in [-0.1, -0.05) is 111 Å². The molecular formula is C92H161N5O32. The third kappa shape index (κ3) is 46.5. The van der Waals surface area contributed by atoms with E-state index < -0.39 is 146 Å². The summed E-state index contributed by atoms with van der Waals surface area (Å²) in [5.74, 6) is -4.47. The normalized spacial score (nSPS) is 27.1. The number of ether oxygens (including phenoxy) is 11. The average molecular weight is 1850 g/mol. The fourth-order valence-electron chi connectivity index (χ4n) is 16.2. The molecule has 19 atom stereocenters. The van der Waals surface area contributed by atoms with Gasteiger partial charge in [-0.3, -0.25) is 47.9 Å². The Morgan fingerprint density at radius 2 is 0.853 bits per heavy atom. The Labute approximate surface area is 762 Å². The van der Waals surface area contributed by atoms with Crippen LogP contribution in [0.1, 0.15) is 293 Å². The van der Waals surface area contributed by atoms with Gasteiger partial charge < -0.3 is 129 Å². The number of aliphatic hydroxyl groups is 10. The Hall–Kier alpha value is -5.63. The first kappa shape index (κ1) is 116. The molecule has 4 rings (SSSR count). The second-order valence-corrected chi connectivity index (χ2v) is 36.9. The van der Waals surface area contributed by atoms with Crippen molar-refractivity contribution in [1.29, 1.82) is 0 Å². The van der Waals surface area contributed by atoms with Crippen molar-refractivity contribution in [3.8, 4) is 0 Å². The second kappa shape index (κ2) is 64.3. The van der Waals surface area contributed by atoms with Crippen LogP contribution in [0.15, 0.2) is 5.16 Å². The van der Waals surface area contributed by atoms with Gasteiger partial charge in [0.2, 0.25) is 29.4 Å². The van der Waals surface area contributed by atoms with Crippen LogP contribution in [-0.4, -0.2) is 318 Å². The number of unbranched alkanes of at least 4 members (excludes halogenated alkanes) is 16. The van der Waals surface area contributed by atoms with Gasteiger partial charge >= 0.3 is 0 Å². The SMILES string of the molecule is CC(=O)N[C@H]1C(O)C[C@](CC(C)(C)C)(OC=O)OC1C=NOCC(=O)CCCCCCCCCCCCC(=O)NC(COCCC(=O)CCCCCC(=O)CCCCO[C@H]1OC(CO)[C@@H](O)C(O)[C@H]1C)(COCCC(=O)CCCCCC(=O)CCCCO[C@H]1OC(CO)[C@@H](O)C(O)[C@H]1C)COCCC(=O)NCCCNC(=O)CCCCO[C@H]1OC(CO)[C@@](C)(O)C(O)[C@H]1C. The second-order valence-electron chi connectivity index (χ2n) is 36.9. The summed E-state index contributed by atoms with van der Waals surface area (Å²) >= 11 is 0. The van der Waals surface area contributed by atoms with Crippen LogP contribution in [0.25, 0.3) is 0 Å². The maximum absolute atomic E-state index is 14.1. The zero-order chi connectivity index (χ0) is 95.2. The molecule has 4 fully saturated rings. The molecule has 746 valence electrons. The highest BCUT2D eigenvalue weighted by Gasteiger charge is 2.53. The van der Waals surface area contributed by atoms with E-state index in [1.165, 1.54) is 20.1 Å². The first-order valence-corrected chi connectivity index (χ1v) is 47.4. The first-order valence-electron chi connectivity index (χ1n) is 47.4. The smallest absolute Gasteiger partial charge is 0.295 e. The molecule has 129 heavy (non-hydrogen) atoms. The summed E-state index contributed by atoms with van der Waals surface area (Å²) in [7, 11) is 0. The Balaban J connectivity index is 1.29. The van der Waals surface area contributed by atoms with Gasteiger partial charge in [0.25, 0.3) is 6.47 Å². The number of hydrogen-bond donors (Lipinski definition) is 14. The van der Waals surface area contributed by atoms with Gasteiger partial charge in [0.1, 0.15) is 70.9 Å². The molecule has 0 aromatic rings. The van der Waals surface area contributed by atoms with Gasteiger partial charge in [-0.15, -0.1) is 0 Å². The molecule has 4 amide bonds. The molecule has 37 nitrogen and oxygen atoms in total. The summed E-state index contributed by atoms with van der Waals surface area (Å²) in [4.78, 5) is 134. The molecule has 8 unspecified atom stereocenters. The van der Waals surface area contributed by atoms with Crippen molar-refractivity contribution in [2.24, 2.45) is 28.3 Å². The molecular weight excluding hydrogens is 1690 g/mol. The van der Waals surface area contributed by atoms with Crippen molar-refractivity contribution in [1.82, 2.24) is 21.3 Å². The highest BCUT2D eigenvalue weighted by molar-refractivity contribution is 5.81. The molecule has 0 saturated carbocycles. The predicted molar refractivity (Wildman–Crippen MR) is 471 cm³/mol. The largest absolute Gasteiger partial charge is 0.435 e. The van der Waals surface area contributed by atoms with Gasteiger partial charge in [0.15, 0.2) is 31.3 Å². The van der Waals surface area contributed by atoms with Crippen molar-refractivity contribution in [2.75, 3.05) is 99.0 Å². The van der Waals surface area contributed by atoms with Gasteiger partial charge in [0, 0.05) is 147 Å². The fraction of sp³-hybridized carbons (Fsp3) is 0.880. The van der Waals surface area contributed by atoms with E-state index >= 15 is 0 Å². The van der Waals surface area contributed by atoms with E-state index in [0.717, 1.165) is 51.4 Å². The molecule has 37 heteroatoms. The summed E-state index contributed by atoms with van der Waals surface area (Å²) in [6.45, 7) is 12.7. The zero-order valence-electron chi connectivity index (χ0n) is 78.1. The number of nitrogens with zero attached hydrogens (tertiary/aromatic N) is 1.